The molecule has 5 rings (SSSR count). The van der Waals surface area contributed by atoms with Gasteiger partial charge in [0.05, 0.1) is 22.1 Å². The minimum Gasteiger partial charge on any atom is -0.244 e. The van der Waals surface area contributed by atoms with Gasteiger partial charge in [-0.3, -0.25) is 0 Å². The lowest BCUT2D eigenvalue weighted by Crippen LogP contribution is -1.88. The van der Waals surface area contributed by atoms with Gasteiger partial charge in [0.15, 0.2) is 0 Å². The number of nitrogens with zero attached hydrogens (tertiary/aromatic N) is 2. The Morgan fingerprint density at radius 1 is 0.409 bits per heavy atom. The summed E-state index contributed by atoms with van der Waals surface area (Å²) in [5.74, 6) is 0. The van der Waals surface area contributed by atoms with Gasteiger partial charge in [-0.15, -0.1) is 0 Å². The lowest BCUT2D eigenvalue weighted by Gasteiger charge is -2.05. The molecule has 1 heterocycles. The zero-order valence-electron chi connectivity index (χ0n) is 11.8. The van der Waals surface area contributed by atoms with Crippen molar-refractivity contribution in [1.82, 2.24) is 9.97 Å². The molecule has 0 aliphatic heterocycles. The van der Waals surface area contributed by atoms with Crippen molar-refractivity contribution < 1.29 is 0 Å². The summed E-state index contributed by atoms with van der Waals surface area (Å²) in [6.07, 6.45) is 0. The first-order chi connectivity index (χ1) is 10.9. The standard InChI is InChI=1S/C20H12N2/c1-2-6-14-10-18-17(9-13(14)5-1)21-19-11-15-7-3-4-8-16(15)12-20(19)22-18/h1-12H. The number of fused-ring (bicyclic) bond motifs is 4. The van der Waals surface area contributed by atoms with E-state index in [0.29, 0.717) is 0 Å². The molecule has 0 unspecified atom stereocenters. The van der Waals surface area contributed by atoms with Crippen LogP contribution in [0.2, 0.25) is 0 Å². The lowest BCUT2D eigenvalue weighted by atomic mass is 10.1. The molecule has 5 aromatic rings. The second-order valence-electron chi connectivity index (χ2n) is 5.60. The topological polar surface area (TPSA) is 25.8 Å². The third-order valence-corrected chi connectivity index (χ3v) is 4.17. The molecular weight excluding hydrogens is 268 g/mol. The molecular formula is C20H12N2. The lowest BCUT2D eigenvalue weighted by molar-refractivity contribution is 1.41. The van der Waals surface area contributed by atoms with Crippen LogP contribution >= 0.6 is 0 Å². The van der Waals surface area contributed by atoms with Gasteiger partial charge in [0.25, 0.3) is 0 Å². The van der Waals surface area contributed by atoms with E-state index in [1.54, 1.807) is 0 Å². The van der Waals surface area contributed by atoms with Crippen molar-refractivity contribution in [2.24, 2.45) is 0 Å². The van der Waals surface area contributed by atoms with Gasteiger partial charge in [0.2, 0.25) is 0 Å². The summed E-state index contributed by atoms with van der Waals surface area (Å²) in [6.45, 7) is 0. The van der Waals surface area contributed by atoms with Crippen LogP contribution in [0.25, 0.3) is 43.6 Å². The number of hydrogen-bond acceptors (Lipinski definition) is 2. The maximum atomic E-state index is 4.82. The van der Waals surface area contributed by atoms with Crippen LogP contribution in [0.1, 0.15) is 0 Å². The molecule has 0 saturated heterocycles. The normalized spacial score (nSPS) is 11.6. The van der Waals surface area contributed by atoms with Crippen LogP contribution in [0.3, 0.4) is 0 Å². The van der Waals surface area contributed by atoms with E-state index in [-0.39, 0.29) is 0 Å². The van der Waals surface area contributed by atoms with Crippen LogP contribution in [0.5, 0.6) is 0 Å². The van der Waals surface area contributed by atoms with Gasteiger partial charge in [-0.25, -0.2) is 9.97 Å². The Labute approximate surface area is 127 Å². The average molecular weight is 280 g/mol. The van der Waals surface area contributed by atoms with Crippen LogP contribution in [0, 0.1) is 0 Å². The first kappa shape index (κ1) is 11.6. The first-order valence-electron chi connectivity index (χ1n) is 7.36. The molecule has 2 nitrogen and oxygen atoms in total. The number of benzene rings is 4. The minimum atomic E-state index is 0.946. The highest BCUT2D eigenvalue weighted by Gasteiger charge is 2.05. The van der Waals surface area contributed by atoms with E-state index in [9.17, 15) is 0 Å². The highest BCUT2D eigenvalue weighted by atomic mass is 14.8. The Bertz CT molecular complexity index is 992. The van der Waals surface area contributed by atoms with Crippen LogP contribution < -0.4 is 0 Å². The Morgan fingerprint density at radius 2 is 0.682 bits per heavy atom. The summed E-state index contributed by atoms with van der Waals surface area (Å²) in [7, 11) is 0. The van der Waals surface area contributed by atoms with E-state index < -0.39 is 0 Å². The van der Waals surface area contributed by atoms with Gasteiger partial charge in [0.1, 0.15) is 0 Å². The molecule has 22 heavy (non-hydrogen) atoms. The van der Waals surface area contributed by atoms with Gasteiger partial charge < -0.3 is 0 Å². The van der Waals surface area contributed by atoms with Crippen LogP contribution in [0.4, 0.5) is 0 Å². The van der Waals surface area contributed by atoms with Crippen molar-refractivity contribution in [2.75, 3.05) is 0 Å². The molecule has 0 spiro atoms. The summed E-state index contributed by atoms with van der Waals surface area (Å²) >= 11 is 0. The van der Waals surface area contributed by atoms with Gasteiger partial charge in [-0.2, -0.15) is 0 Å². The Kier molecular flexibility index (Phi) is 2.25. The SMILES string of the molecule is c1ccc2cc3nc4cc5ccccc5cc4nc3cc2c1. The smallest absolute Gasteiger partial charge is 0.0901 e. The van der Waals surface area contributed by atoms with Gasteiger partial charge in [-0.1, -0.05) is 48.5 Å². The van der Waals surface area contributed by atoms with Crippen molar-refractivity contribution in [3.63, 3.8) is 0 Å². The summed E-state index contributed by atoms with van der Waals surface area (Å²) in [5.41, 5.74) is 3.78. The number of hydrogen-bond donors (Lipinski definition) is 0. The van der Waals surface area contributed by atoms with Crippen molar-refractivity contribution in [1.29, 1.82) is 0 Å². The van der Waals surface area contributed by atoms with E-state index >= 15 is 0 Å². The molecule has 0 bridgehead atoms. The van der Waals surface area contributed by atoms with E-state index in [1.165, 1.54) is 21.5 Å². The molecule has 0 amide bonds. The Hall–Kier alpha value is -3.00. The van der Waals surface area contributed by atoms with E-state index in [2.05, 4.69) is 72.8 Å². The molecule has 0 aliphatic rings. The van der Waals surface area contributed by atoms with Crippen LogP contribution in [0.15, 0.2) is 72.8 Å². The number of aromatic nitrogens is 2. The maximum absolute atomic E-state index is 4.82. The summed E-state index contributed by atoms with van der Waals surface area (Å²) in [4.78, 5) is 9.63. The van der Waals surface area contributed by atoms with Gasteiger partial charge in [0, 0.05) is 0 Å². The highest BCUT2D eigenvalue weighted by molar-refractivity contribution is 6.00. The van der Waals surface area contributed by atoms with E-state index in [1.807, 2.05) is 0 Å². The zero-order valence-corrected chi connectivity index (χ0v) is 11.8. The first-order valence-corrected chi connectivity index (χ1v) is 7.36. The van der Waals surface area contributed by atoms with Crippen molar-refractivity contribution in [3.8, 4) is 0 Å². The molecule has 4 aromatic carbocycles. The number of rotatable bonds is 0. The quantitative estimate of drug-likeness (QED) is 0.369. The fraction of sp³-hybridized carbons (Fsp3) is 0. The molecule has 0 aliphatic carbocycles. The van der Waals surface area contributed by atoms with Crippen molar-refractivity contribution >= 4 is 43.6 Å². The second-order valence-corrected chi connectivity index (χ2v) is 5.60. The third kappa shape index (κ3) is 1.67. The molecule has 0 atom stereocenters. The van der Waals surface area contributed by atoms with Gasteiger partial charge >= 0.3 is 0 Å². The molecule has 0 radical (unpaired) electrons. The second kappa shape index (κ2) is 4.25. The molecule has 0 N–H and O–H groups in total. The highest BCUT2D eigenvalue weighted by Crippen LogP contribution is 2.25. The van der Waals surface area contributed by atoms with E-state index in [0.717, 1.165) is 22.1 Å². The van der Waals surface area contributed by atoms with E-state index in [4.69, 9.17) is 9.97 Å². The predicted octanol–water partition coefficient (Wildman–Crippen LogP) is 5.09. The van der Waals surface area contributed by atoms with Gasteiger partial charge in [-0.05, 0) is 45.8 Å². The molecule has 0 saturated carbocycles. The van der Waals surface area contributed by atoms with Crippen LogP contribution in [-0.4, -0.2) is 9.97 Å². The summed E-state index contributed by atoms with van der Waals surface area (Å²) in [5, 5.41) is 4.79. The largest absolute Gasteiger partial charge is 0.244 e. The average Bonchev–Trinajstić information content (AvgIpc) is 2.56. The van der Waals surface area contributed by atoms with Crippen molar-refractivity contribution in [2.45, 2.75) is 0 Å². The molecule has 1 aromatic heterocycles. The molecule has 0 fully saturated rings. The molecule has 2 heteroatoms. The summed E-state index contributed by atoms with van der Waals surface area (Å²) in [6, 6.07) is 25.1. The van der Waals surface area contributed by atoms with Crippen LogP contribution in [-0.2, 0) is 0 Å². The monoisotopic (exact) mass is 280 g/mol. The fourth-order valence-electron chi connectivity index (χ4n) is 3.05. The maximum Gasteiger partial charge on any atom is 0.0901 e. The molecule has 102 valence electrons. The minimum absolute atomic E-state index is 0.946. The third-order valence-electron chi connectivity index (χ3n) is 4.17. The van der Waals surface area contributed by atoms with Crippen molar-refractivity contribution in [3.05, 3.63) is 72.8 Å². The fourth-order valence-corrected chi connectivity index (χ4v) is 3.05. The Morgan fingerprint density at radius 3 is 0.955 bits per heavy atom. The summed E-state index contributed by atoms with van der Waals surface area (Å²) < 4.78 is 0. The Balaban J connectivity index is 1.93. The predicted molar refractivity (Wildman–Crippen MR) is 92.1 cm³/mol. The zero-order chi connectivity index (χ0) is 14.5.